The van der Waals surface area contributed by atoms with Crippen LogP contribution in [0.25, 0.3) is 0 Å². The van der Waals surface area contributed by atoms with Crippen molar-refractivity contribution in [3.8, 4) is 5.75 Å². The average Bonchev–Trinajstić information content (AvgIpc) is 2.97. The summed E-state index contributed by atoms with van der Waals surface area (Å²) in [5.74, 6) is 0.748. The zero-order chi connectivity index (χ0) is 15.1. The number of nitrogens with one attached hydrogen (secondary N) is 1. The van der Waals surface area contributed by atoms with Crippen LogP contribution in [0.15, 0.2) is 35.7 Å². The van der Waals surface area contributed by atoms with Gasteiger partial charge in [0.25, 0.3) is 0 Å². The number of methoxy groups -OCH3 is 1. The van der Waals surface area contributed by atoms with Crippen molar-refractivity contribution in [1.82, 2.24) is 0 Å². The molecule has 2 rings (SSSR count). The maximum absolute atomic E-state index is 12.0. The second-order valence-corrected chi connectivity index (χ2v) is 6.07. The molecule has 0 fully saturated rings. The van der Waals surface area contributed by atoms with Gasteiger partial charge in [0.15, 0.2) is 0 Å². The van der Waals surface area contributed by atoms with Crippen LogP contribution < -0.4 is 10.1 Å². The minimum atomic E-state index is 0.0464. The number of amides is 1. The van der Waals surface area contributed by atoms with Crippen LogP contribution >= 0.6 is 11.3 Å². The molecule has 0 radical (unpaired) electrons. The second kappa shape index (κ2) is 7.84. The molecule has 4 heteroatoms. The van der Waals surface area contributed by atoms with Crippen molar-refractivity contribution in [3.63, 3.8) is 0 Å². The molecule has 0 aliphatic carbocycles. The highest BCUT2D eigenvalue weighted by molar-refractivity contribution is 7.09. The van der Waals surface area contributed by atoms with Crippen LogP contribution in [-0.4, -0.2) is 13.0 Å². The van der Waals surface area contributed by atoms with E-state index in [1.807, 2.05) is 25.1 Å². The smallest absolute Gasteiger partial charge is 0.224 e. The first-order chi connectivity index (χ1) is 10.2. The van der Waals surface area contributed by atoms with Crippen LogP contribution in [-0.2, 0) is 11.2 Å². The average molecular weight is 303 g/mol. The molecule has 0 aliphatic rings. The number of hydrogen-bond acceptors (Lipinski definition) is 3. The van der Waals surface area contributed by atoms with Gasteiger partial charge in [-0.1, -0.05) is 12.1 Å². The van der Waals surface area contributed by atoms with Crippen molar-refractivity contribution in [3.05, 3.63) is 46.2 Å². The predicted molar refractivity (Wildman–Crippen MR) is 88.2 cm³/mol. The van der Waals surface area contributed by atoms with Crippen LogP contribution in [0, 0.1) is 6.92 Å². The minimum absolute atomic E-state index is 0.0464. The lowest BCUT2D eigenvalue weighted by atomic mass is 10.1. The van der Waals surface area contributed by atoms with Gasteiger partial charge in [0.1, 0.15) is 5.75 Å². The number of anilines is 1. The molecule has 0 saturated heterocycles. The highest BCUT2D eigenvalue weighted by Crippen LogP contribution is 2.25. The Morgan fingerprint density at radius 2 is 2.14 bits per heavy atom. The number of unbranched alkanes of at least 4 members (excludes halogenated alkanes) is 1. The van der Waals surface area contributed by atoms with Gasteiger partial charge in [0.05, 0.1) is 12.8 Å². The molecule has 21 heavy (non-hydrogen) atoms. The molecule has 0 saturated carbocycles. The van der Waals surface area contributed by atoms with E-state index in [4.69, 9.17) is 4.74 Å². The molecule has 1 aromatic heterocycles. The summed E-state index contributed by atoms with van der Waals surface area (Å²) in [6, 6.07) is 9.98. The lowest BCUT2D eigenvalue weighted by molar-refractivity contribution is -0.116. The van der Waals surface area contributed by atoms with E-state index < -0.39 is 0 Å². The maximum Gasteiger partial charge on any atom is 0.224 e. The van der Waals surface area contributed by atoms with Crippen LogP contribution in [0.2, 0.25) is 0 Å². The Morgan fingerprint density at radius 1 is 1.29 bits per heavy atom. The highest BCUT2D eigenvalue weighted by atomic mass is 32.1. The number of aryl methyl sites for hydroxylation is 2. The number of ether oxygens (including phenoxy) is 1. The molecule has 112 valence electrons. The standard InChI is InChI=1S/C17H21NO2S/c1-13-9-10-16(20-2)15(12-13)18-17(19)8-4-3-6-14-7-5-11-21-14/h5,7,9-12H,3-4,6,8H2,1-2H3,(H,18,19). The van der Waals surface area contributed by atoms with E-state index in [2.05, 4.69) is 22.8 Å². The fourth-order valence-corrected chi connectivity index (χ4v) is 2.92. The molecular weight excluding hydrogens is 282 g/mol. The largest absolute Gasteiger partial charge is 0.495 e. The highest BCUT2D eigenvalue weighted by Gasteiger charge is 2.07. The Labute approximate surface area is 130 Å². The summed E-state index contributed by atoms with van der Waals surface area (Å²) >= 11 is 1.77. The van der Waals surface area contributed by atoms with Crippen LogP contribution in [0.4, 0.5) is 5.69 Å². The zero-order valence-electron chi connectivity index (χ0n) is 12.5. The molecule has 1 aromatic carbocycles. The van der Waals surface area contributed by atoms with Gasteiger partial charge in [-0.15, -0.1) is 11.3 Å². The Kier molecular flexibility index (Phi) is 5.81. The van der Waals surface area contributed by atoms with E-state index in [-0.39, 0.29) is 5.91 Å². The zero-order valence-corrected chi connectivity index (χ0v) is 13.3. The first-order valence-corrected chi connectivity index (χ1v) is 8.04. The number of carbonyl (C=O) groups is 1. The fourth-order valence-electron chi connectivity index (χ4n) is 2.17. The summed E-state index contributed by atoms with van der Waals surface area (Å²) < 4.78 is 5.26. The summed E-state index contributed by atoms with van der Waals surface area (Å²) in [6.07, 6.45) is 3.54. The van der Waals surface area contributed by atoms with E-state index in [1.54, 1.807) is 18.4 Å². The van der Waals surface area contributed by atoms with Gasteiger partial charge in [-0.3, -0.25) is 4.79 Å². The summed E-state index contributed by atoms with van der Waals surface area (Å²) in [5.41, 5.74) is 1.85. The third kappa shape index (κ3) is 4.90. The molecule has 0 unspecified atom stereocenters. The third-order valence-corrected chi connectivity index (χ3v) is 4.22. The molecular formula is C17H21NO2S. The fraction of sp³-hybridized carbons (Fsp3) is 0.353. The number of carbonyl (C=O) groups excluding carboxylic acids is 1. The molecule has 1 amide bonds. The van der Waals surface area contributed by atoms with Gasteiger partial charge < -0.3 is 10.1 Å². The minimum Gasteiger partial charge on any atom is -0.495 e. The number of rotatable bonds is 7. The van der Waals surface area contributed by atoms with Crippen molar-refractivity contribution in [2.45, 2.75) is 32.6 Å². The van der Waals surface area contributed by atoms with Crippen molar-refractivity contribution >= 4 is 22.9 Å². The maximum atomic E-state index is 12.0. The Bertz CT molecular complexity index is 578. The molecule has 3 nitrogen and oxygen atoms in total. The Hall–Kier alpha value is -1.81. The number of hydrogen-bond donors (Lipinski definition) is 1. The van der Waals surface area contributed by atoms with Gasteiger partial charge in [-0.2, -0.15) is 0 Å². The van der Waals surface area contributed by atoms with Gasteiger partial charge in [0.2, 0.25) is 5.91 Å². The van der Waals surface area contributed by atoms with E-state index >= 15 is 0 Å². The summed E-state index contributed by atoms with van der Waals surface area (Å²) in [6.45, 7) is 2.00. The summed E-state index contributed by atoms with van der Waals surface area (Å²) in [7, 11) is 1.61. The van der Waals surface area contributed by atoms with Gasteiger partial charge >= 0.3 is 0 Å². The Balaban J connectivity index is 1.77. The number of thiophene rings is 1. The first-order valence-electron chi connectivity index (χ1n) is 7.16. The Morgan fingerprint density at radius 3 is 2.86 bits per heavy atom. The quantitative estimate of drug-likeness (QED) is 0.769. The normalized spacial score (nSPS) is 10.4. The molecule has 0 bridgehead atoms. The van der Waals surface area contributed by atoms with Crippen LogP contribution in [0.3, 0.4) is 0 Å². The predicted octanol–water partition coefficient (Wildman–Crippen LogP) is 4.42. The van der Waals surface area contributed by atoms with Crippen LogP contribution in [0.1, 0.15) is 29.7 Å². The SMILES string of the molecule is COc1ccc(C)cc1NC(=O)CCCCc1cccs1. The molecule has 2 aromatic rings. The monoisotopic (exact) mass is 303 g/mol. The molecule has 1 heterocycles. The number of benzene rings is 1. The van der Waals surface area contributed by atoms with Gasteiger partial charge in [0, 0.05) is 11.3 Å². The van der Waals surface area contributed by atoms with Crippen molar-refractivity contribution in [2.24, 2.45) is 0 Å². The lowest BCUT2D eigenvalue weighted by Crippen LogP contribution is -2.12. The second-order valence-electron chi connectivity index (χ2n) is 5.04. The molecule has 0 aliphatic heterocycles. The molecule has 0 atom stereocenters. The summed E-state index contributed by atoms with van der Waals surface area (Å²) in [5, 5.41) is 5.02. The van der Waals surface area contributed by atoms with E-state index in [9.17, 15) is 4.79 Å². The van der Waals surface area contributed by atoms with Gasteiger partial charge in [-0.05, 0) is 55.3 Å². The molecule has 1 N–H and O–H groups in total. The van der Waals surface area contributed by atoms with E-state index in [1.165, 1.54) is 4.88 Å². The lowest BCUT2D eigenvalue weighted by Gasteiger charge is -2.11. The topological polar surface area (TPSA) is 38.3 Å². The van der Waals surface area contributed by atoms with Gasteiger partial charge in [-0.25, -0.2) is 0 Å². The van der Waals surface area contributed by atoms with Crippen molar-refractivity contribution < 1.29 is 9.53 Å². The third-order valence-electron chi connectivity index (χ3n) is 3.29. The van der Waals surface area contributed by atoms with E-state index in [0.717, 1.165) is 30.5 Å². The van der Waals surface area contributed by atoms with Crippen molar-refractivity contribution in [2.75, 3.05) is 12.4 Å². The van der Waals surface area contributed by atoms with Crippen molar-refractivity contribution in [1.29, 1.82) is 0 Å². The van der Waals surface area contributed by atoms with E-state index in [0.29, 0.717) is 12.2 Å². The molecule has 0 spiro atoms. The summed E-state index contributed by atoms with van der Waals surface area (Å²) in [4.78, 5) is 13.4. The first kappa shape index (κ1) is 15.6. The van der Waals surface area contributed by atoms with Crippen LogP contribution in [0.5, 0.6) is 5.75 Å².